The molecule has 1 rings (SSSR count). The summed E-state index contributed by atoms with van der Waals surface area (Å²) in [7, 11) is -4.39. The predicted molar refractivity (Wildman–Crippen MR) is 59.2 cm³/mol. The van der Waals surface area contributed by atoms with Crippen LogP contribution in [0.15, 0.2) is 23.1 Å². The summed E-state index contributed by atoms with van der Waals surface area (Å²) in [6.45, 7) is 1.44. The zero-order valence-corrected chi connectivity index (χ0v) is 14.0. The summed E-state index contributed by atoms with van der Waals surface area (Å²) >= 11 is 0. The van der Waals surface area contributed by atoms with Gasteiger partial charge in [0.15, 0.2) is 0 Å². The zero-order chi connectivity index (χ0) is 10.9. The third kappa shape index (κ3) is 4.80. The second-order valence-electron chi connectivity index (χ2n) is 2.68. The molecule has 0 aromatic heterocycles. The molecule has 1 aromatic rings. The van der Waals surface area contributed by atoms with Gasteiger partial charge in [0.05, 0.1) is 4.92 Å². The molecule has 0 unspecified atom stereocenters. The van der Waals surface area contributed by atoms with Crippen LogP contribution in [0.4, 0.5) is 5.69 Å². The van der Waals surface area contributed by atoms with E-state index in [1.165, 1.54) is 19.1 Å². The Morgan fingerprint density at radius 3 is 2.19 bits per heavy atom. The Balaban J connectivity index is 0. The number of hydrogen-bond donors (Lipinski definition) is 1. The average Bonchev–Trinajstić information content (AvgIpc) is 2.02. The van der Waals surface area contributed by atoms with Crippen LogP contribution in [-0.2, 0) is 10.1 Å². The molecular formula is C7H7NNa2O5S. The monoisotopic (exact) mass is 263 g/mol. The Kier molecular flexibility index (Phi) is 8.35. The molecule has 0 saturated carbocycles. The molecule has 1 N–H and O–H groups in total. The van der Waals surface area contributed by atoms with Gasteiger partial charge < -0.3 is 0 Å². The second-order valence-corrected chi connectivity index (χ2v) is 4.07. The first kappa shape index (κ1) is 18.9. The predicted octanol–water partition coefficient (Wildman–Crippen LogP) is 0.388. The summed E-state index contributed by atoms with van der Waals surface area (Å²) in [4.78, 5) is 9.15. The number of aryl methyl sites for hydroxylation is 1. The van der Waals surface area contributed by atoms with E-state index < -0.39 is 19.9 Å². The summed E-state index contributed by atoms with van der Waals surface area (Å²) in [6.07, 6.45) is 0. The third-order valence-electron chi connectivity index (χ3n) is 1.66. The molecule has 2 radical (unpaired) electrons. The van der Waals surface area contributed by atoms with Crippen molar-refractivity contribution in [1.82, 2.24) is 0 Å². The largest absolute Gasteiger partial charge is 0.295 e. The molecule has 0 aliphatic carbocycles. The average molecular weight is 263 g/mol. The first-order valence-electron chi connectivity index (χ1n) is 3.55. The van der Waals surface area contributed by atoms with Gasteiger partial charge in [0, 0.05) is 71.2 Å². The van der Waals surface area contributed by atoms with Gasteiger partial charge in [0.1, 0.15) is 4.90 Å². The van der Waals surface area contributed by atoms with Crippen LogP contribution >= 0.6 is 0 Å². The quantitative estimate of drug-likeness (QED) is 0.360. The number of hydrogen-bond acceptors (Lipinski definition) is 4. The first-order valence-corrected chi connectivity index (χ1v) is 4.99. The van der Waals surface area contributed by atoms with Gasteiger partial charge in [-0.3, -0.25) is 14.7 Å². The van der Waals surface area contributed by atoms with Crippen LogP contribution in [0.5, 0.6) is 0 Å². The molecule has 0 heterocycles. The summed E-state index contributed by atoms with van der Waals surface area (Å²) < 4.78 is 30.2. The number of benzene rings is 1. The van der Waals surface area contributed by atoms with Crippen molar-refractivity contribution >= 4 is 74.9 Å². The van der Waals surface area contributed by atoms with Gasteiger partial charge in [-0.1, -0.05) is 6.07 Å². The van der Waals surface area contributed by atoms with E-state index in [1.54, 1.807) is 0 Å². The van der Waals surface area contributed by atoms with Crippen LogP contribution in [0.25, 0.3) is 0 Å². The van der Waals surface area contributed by atoms with Crippen molar-refractivity contribution in [3.8, 4) is 0 Å². The smallest absolute Gasteiger partial charge is 0.282 e. The van der Waals surface area contributed by atoms with Crippen LogP contribution in [0, 0.1) is 17.0 Å². The maximum absolute atomic E-state index is 10.8. The Morgan fingerprint density at radius 2 is 1.81 bits per heavy atom. The fraction of sp³-hybridized carbons (Fsp3) is 0.143. The molecule has 0 aliphatic heterocycles. The topological polar surface area (TPSA) is 97.5 Å². The Hall–Kier alpha value is 0.530. The number of nitro benzene ring substituents is 1. The van der Waals surface area contributed by atoms with E-state index in [2.05, 4.69) is 0 Å². The Labute approximate surface area is 137 Å². The summed E-state index contributed by atoms with van der Waals surface area (Å²) in [5, 5.41) is 10.3. The van der Waals surface area contributed by atoms with Gasteiger partial charge >= 0.3 is 0 Å². The van der Waals surface area contributed by atoms with Crippen molar-refractivity contribution < 1.29 is 17.9 Å². The zero-order valence-electron chi connectivity index (χ0n) is 9.17. The minimum atomic E-state index is -4.39. The number of rotatable bonds is 2. The Morgan fingerprint density at radius 1 is 1.31 bits per heavy atom. The molecule has 0 fully saturated rings. The maximum atomic E-state index is 10.8. The molecule has 0 bridgehead atoms. The molecular weight excluding hydrogens is 256 g/mol. The molecule has 0 saturated heterocycles. The number of nitro groups is 1. The van der Waals surface area contributed by atoms with Crippen molar-refractivity contribution in [2.24, 2.45) is 0 Å². The van der Waals surface area contributed by atoms with Gasteiger partial charge in [0.2, 0.25) is 0 Å². The summed E-state index contributed by atoms with van der Waals surface area (Å²) in [6, 6.07) is 3.26. The minimum Gasteiger partial charge on any atom is -0.282 e. The number of nitrogens with zero attached hydrogens (tertiary/aromatic N) is 1. The van der Waals surface area contributed by atoms with E-state index in [9.17, 15) is 18.5 Å². The Bertz CT molecular complexity index is 488. The molecule has 0 amide bonds. The van der Waals surface area contributed by atoms with Crippen LogP contribution in [-0.4, -0.2) is 77.0 Å². The fourth-order valence-electron chi connectivity index (χ4n) is 0.980. The molecule has 16 heavy (non-hydrogen) atoms. The van der Waals surface area contributed by atoms with Gasteiger partial charge in [0.25, 0.3) is 15.8 Å². The molecule has 9 heteroatoms. The molecule has 0 atom stereocenters. The van der Waals surface area contributed by atoms with Gasteiger partial charge in [-0.15, -0.1) is 0 Å². The third-order valence-corrected chi connectivity index (χ3v) is 2.66. The minimum absolute atomic E-state index is 0. The van der Waals surface area contributed by atoms with Crippen LogP contribution in [0.2, 0.25) is 0 Å². The van der Waals surface area contributed by atoms with Crippen LogP contribution in [0.3, 0.4) is 0 Å². The van der Waals surface area contributed by atoms with Gasteiger partial charge in [-0.05, 0) is 12.5 Å². The standard InChI is InChI=1S/C7H7NO5S.2Na/c1-5-2-3-6(8(9)10)4-7(5)14(11,12)13;;/h2-4H,1H3,(H,11,12,13);;. The van der Waals surface area contributed by atoms with E-state index >= 15 is 0 Å². The second kappa shape index (κ2) is 7.07. The van der Waals surface area contributed by atoms with Crippen LogP contribution in [0.1, 0.15) is 5.56 Å². The van der Waals surface area contributed by atoms with Gasteiger partial charge in [-0.2, -0.15) is 8.42 Å². The summed E-state index contributed by atoms with van der Waals surface area (Å²) in [5.41, 5.74) is -0.110. The van der Waals surface area contributed by atoms with Crippen LogP contribution < -0.4 is 0 Å². The molecule has 6 nitrogen and oxygen atoms in total. The van der Waals surface area contributed by atoms with Crippen molar-refractivity contribution in [3.05, 3.63) is 33.9 Å². The van der Waals surface area contributed by atoms with Gasteiger partial charge in [-0.25, -0.2) is 0 Å². The molecule has 0 spiro atoms. The molecule has 1 aromatic carbocycles. The SMILES string of the molecule is Cc1ccc([N+](=O)[O-])cc1S(=O)(=O)O.[Na].[Na]. The van der Waals surface area contributed by atoms with E-state index in [0.717, 1.165) is 6.07 Å². The molecule has 0 aliphatic rings. The van der Waals surface area contributed by atoms with E-state index in [0.29, 0.717) is 0 Å². The van der Waals surface area contributed by atoms with Crippen molar-refractivity contribution in [3.63, 3.8) is 0 Å². The fourth-order valence-corrected chi connectivity index (χ4v) is 1.72. The normalized spacial score (nSPS) is 9.88. The molecule has 78 valence electrons. The van der Waals surface area contributed by atoms with Crippen molar-refractivity contribution in [1.29, 1.82) is 0 Å². The van der Waals surface area contributed by atoms with E-state index in [1.807, 2.05) is 0 Å². The van der Waals surface area contributed by atoms with E-state index in [-0.39, 0.29) is 70.4 Å². The number of non-ortho nitro benzene ring substituents is 1. The van der Waals surface area contributed by atoms with Crippen molar-refractivity contribution in [2.45, 2.75) is 11.8 Å². The first-order chi connectivity index (χ1) is 6.32. The van der Waals surface area contributed by atoms with E-state index in [4.69, 9.17) is 4.55 Å². The van der Waals surface area contributed by atoms with Crippen molar-refractivity contribution in [2.75, 3.05) is 0 Å². The summed E-state index contributed by atoms with van der Waals surface area (Å²) in [5.74, 6) is 0. The maximum Gasteiger partial charge on any atom is 0.295 e.